The zero-order valence-electron chi connectivity index (χ0n) is 11.2. The maximum Gasteiger partial charge on any atom is 0.113 e. The maximum absolute atomic E-state index is 4.33. The molecule has 1 aliphatic heterocycles. The highest BCUT2D eigenvalue weighted by atomic mass is 15.4. The van der Waals surface area contributed by atoms with E-state index < -0.39 is 0 Å². The lowest BCUT2D eigenvalue weighted by Crippen LogP contribution is -2.31. The summed E-state index contributed by atoms with van der Waals surface area (Å²) >= 11 is 0. The number of H-pyrrole nitrogens is 1. The molecule has 1 aliphatic rings. The van der Waals surface area contributed by atoms with Gasteiger partial charge in [0.15, 0.2) is 0 Å². The minimum Gasteiger partial charge on any atom is -0.361 e. The van der Waals surface area contributed by atoms with Crippen molar-refractivity contribution < 1.29 is 0 Å². The van der Waals surface area contributed by atoms with Crippen LogP contribution in [0.4, 0.5) is 0 Å². The number of rotatable bonds is 2. The predicted molar refractivity (Wildman–Crippen MR) is 78.5 cm³/mol. The fraction of sp³-hybridized carbons (Fsp3) is 0.333. The van der Waals surface area contributed by atoms with E-state index >= 15 is 0 Å². The van der Waals surface area contributed by atoms with Gasteiger partial charge in [-0.05, 0) is 37.6 Å². The van der Waals surface area contributed by atoms with Gasteiger partial charge in [0, 0.05) is 29.2 Å². The van der Waals surface area contributed by atoms with E-state index in [1.165, 1.54) is 18.2 Å². The first-order valence-electron chi connectivity index (χ1n) is 7.10. The summed E-state index contributed by atoms with van der Waals surface area (Å²) in [6, 6.07) is 8.84. The Kier molecular flexibility index (Phi) is 2.77. The number of hydrogen-bond donors (Lipinski definition) is 2. The zero-order valence-corrected chi connectivity index (χ0v) is 11.2. The summed E-state index contributed by atoms with van der Waals surface area (Å²) in [5.41, 5.74) is 3.21. The highest BCUT2D eigenvalue weighted by molar-refractivity contribution is 5.84. The van der Waals surface area contributed by atoms with Crippen molar-refractivity contribution in [2.75, 3.05) is 13.1 Å². The molecule has 3 aromatic rings. The smallest absolute Gasteiger partial charge is 0.113 e. The standard InChI is InChI=1S/C15H17N5/c1-2-13(9-16-6-1)20-10-15(18-19-20)11-3-4-14-12(8-11)5-7-17-14/h3-5,7-8,10,13,16-17H,1-2,6,9H2/t13-/m0/s1. The highest BCUT2D eigenvalue weighted by Gasteiger charge is 2.16. The van der Waals surface area contributed by atoms with Crippen LogP contribution in [0.5, 0.6) is 0 Å². The van der Waals surface area contributed by atoms with Crippen LogP contribution >= 0.6 is 0 Å². The molecule has 1 fully saturated rings. The van der Waals surface area contributed by atoms with E-state index in [1.54, 1.807) is 0 Å². The van der Waals surface area contributed by atoms with Gasteiger partial charge < -0.3 is 10.3 Å². The van der Waals surface area contributed by atoms with Crippen LogP contribution in [0.25, 0.3) is 22.2 Å². The van der Waals surface area contributed by atoms with Crippen molar-refractivity contribution in [3.8, 4) is 11.3 Å². The second-order valence-corrected chi connectivity index (χ2v) is 5.36. The van der Waals surface area contributed by atoms with E-state index in [9.17, 15) is 0 Å². The van der Waals surface area contributed by atoms with E-state index in [1.807, 2.05) is 10.9 Å². The lowest BCUT2D eigenvalue weighted by atomic mass is 10.1. The molecule has 5 nitrogen and oxygen atoms in total. The van der Waals surface area contributed by atoms with Gasteiger partial charge in [0.25, 0.3) is 0 Å². The van der Waals surface area contributed by atoms with Crippen molar-refractivity contribution in [1.82, 2.24) is 25.3 Å². The number of nitrogens with zero attached hydrogens (tertiary/aromatic N) is 3. The summed E-state index contributed by atoms with van der Waals surface area (Å²) in [6.07, 6.45) is 6.40. The fourth-order valence-corrected chi connectivity index (χ4v) is 2.86. The Hall–Kier alpha value is -2.14. The molecule has 0 amide bonds. The van der Waals surface area contributed by atoms with Gasteiger partial charge in [0.1, 0.15) is 5.69 Å². The van der Waals surface area contributed by atoms with Crippen molar-refractivity contribution in [2.24, 2.45) is 0 Å². The molecule has 4 rings (SSSR count). The number of piperidine rings is 1. The van der Waals surface area contributed by atoms with E-state index in [2.05, 4.69) is 51.1 Å². The summed E-state index contributed by atoms with van der Waals surface area (Å²) in [5, 5.41) is 13.2. The van der Waals surface area contributed by atoms with Gasteiger partial charge in [-0.15, -0.1) is 5.10 Å². The molecule has 5 heteroatoms. The van der Waals surface area contributed by atoms with Crippen molar-refractivity contribution in [1.29, 1.82) is 0 Å². The van der Waals surface area contributed by atoms with Crippen LogP contribution in [-0.2, 0) is 0 Å². The molecule has 0 unspecified atom stereocenters. The van der Waals surface area contributed by atoms with Crippen molar-refractivity contribution in [2.45, 2.75) is 18.9 Å². The van der Waals surface area contributed by atoms with Gasteiger partial charge >= 0.3 is 0 Å². The van der Waals surface area contributed by atoms with Crippen LogP contribution in [-0.4, -0.2) is 33.1 Å². The molecule has 0 aliphatic carbocycles. The Balaban J connectivity index is 1.66. The monoisotopic (exact) mass is 267 g/mol. The Morgan fingerprint density at radius 3 is 3.15 bits per heavy atom. The summed E-state index contributed by atoms with van der Waals surface area (Å²) in [7, 11) is 0. The third kappa shape index (κ3) is 2.00. The average Bonchev–Trinajstić information content (AvgIpc) is 3.16. The van der Waals surface area contributed by atoms with Crippen LogP contribution in [0, 0.1) is 0 Å². The van der Waals surface area contributed by atoms with Gasteiger partial charge in [-0.2, -0.15) is 0 Å². The molecule has 1 saturated heterocycles. The van der Waals surface area contributed by atoms with Gasteiger partial charge in [0.2, 0.25) is 0 Å². The summed E-state index contributed by atoms with van der Waals surface area (Å²) in [6.45, 7) is 2.10. The van der Waals surface area contributed by atoms with Gasteiger partial charge in [-0.1, -0.05) is 11.3 Å². The van der Waals surface area contributed by atoms with Crippen LogP contribution in [0.15, 0.2) is 36.7 Å². The largest absolute Gasteiger partial charge is 0.361 e. The zero-order chi connectivity index (χ0) is 13.4. The molecule has 2 aromatic heterocycles. The minimum absolute atomic E-state index is 0.431. The quantitative estimate of drug-likeness (QED) is 0.749. The van der Waals surface area contributed by atoms with Crippen molar-refractivity contribution in [3.63, 3.8) is 0 Å². The first kappa shape index (κ1) is 11.7. The second-order valence-electron chi connectivity index (χ2n) is 5.36. The Labute approximate surface area is 117 Å². The number of hydrogen-bond acceptors (Lipinski definition) is 3. The molecule has 20 heavy (non-hydrogen) atoms. The molecule has 3 heterocycles. The Bertz CT molecular complexity index is 721. The molecular weight excluding hydrogens is 250 g/mol. The van der Waals surface area contributed by atoms with E-state index in [0.717, 1.165) is 29.9 Å². The van der Waals surface area contributed by atoms with E-state index in [-0.39, 0.29) is 0 Å². The van der Waals surface area contributed by atoms with Crippen LogP contribution in [0.1, 0.15) is 18.9 Å². The molecular formula is C15H17N5. The maximum atomic E-state index is 4.33. The summed E-state index contributed by atoms with van der Waals surface area (Å²) in [5.74, 6) is 0. The molecule has 1 aromatic carbocycles. The summed E-state index contributed by atoms with van der Waals surface area (Å²) in [4.78, 5) is 3.21. The van der Waals surface area contributed by atoms with Crippen LogP contribution in [0.3, 0.4) is 0 Å². The van der Waals surface area contributed by atoms with Crippen molar-refractivity contribution >= 4 is 10.9 Å². The lowest BCUT2D eigenvalue weighted by molar-refractivity contribution is 0.341. The normalized spacial score (nSPS) is 19.5. The minimum atomic E-state index is 0.431. The molecule has 2 N–H and O–H groups in total. The third-order valence-corrected chi connectivity index (χ3v) is 4.00. The topological polar surface area (TPSA) is 58.5 Å². The molecule has 102 valence electrons. The molecule has 0 bridgehead atoms. The Morgan fingerprint density at radius 1 is 1.25 bits per heavy atom. The van der Waals surface area contributed by atoms with Crippen LogP contribution in [0.2, 0.25) is 0 Å². The fourth-order valence-electron chi connectivity index (χ4n) is 2.86. The molecule has 1 atom stereocenters. The number of fused-ring (bicyclic) bond motifs is 1. The van der Waals surface area contributed by atoms with Gasteiger partial charge in [0.05, 0.1) is 12.2 Å². The van der Waals surface area contributed by atoms with Gasteiger partial charge in [-0.25, -0.2) is 4.68 Å². The summed E-state index contributed by atoms with van der Waals surface area (Å²) < 4.78 is 2.00. The molecule has 0 saturated carbocycles. The lowest BCUT2D eigenvalue weighted by Gasteiger charge is -2.22. The first-order chi connectivity index (χ1) is 9.90. The number of nitrogens with one attached hydrogen (secondary N) is 2. The predicted octanol–water partition coefficient (Wildman–Crippen LogP) is 2.35. The van der Waals surface area contributed by atoms with Crippen LogP contribution < -0.4 is 5.32 Å². The highest BCUT2D eigenvalue weighted by Crippen LogP contribution is 2.23. The number of benzene rings is 1. The number of aromatic nitrogens is 4. The van der Waals surface area contributed by atoms with Crippen molar-refractivity contribution in [3.05, 3.63) is 36.7 Å². The van der Waals surface area contributed by atoms with E-state index in [0.29, 0.717) is 6.04 Å². The molecule has 0 radical (unpaired) electrons. The van der Waals surface area contributed by atoms with Gasteiger partial charge in [-0.3, -0.25) is 0 Å². The Morgan fingerprint density at radius 2 is 2.25 bits per heavy atom. The molecule has 0 spiro atoms. The first-order valence-corrected chi connectivity index (χ1v) is 7.10. The number of aromatic amines is 1. The SMILES string of the molecule is c1cc2cc(-c3cn([C@H]4CCCNC4)nn3)ccc2[nH]1. The average molecular weight is 267 g/mol. The second kappa shape index (κ2) is 4.76. The third-order valence-electron chi connectivity index (χ3n) is 4.00. The van der Waals surface area contributed by atoms with E-state index in [4.69, 9.17) is 0 Å².